The smallest absolute Gasteiger partial charge is 0.341 e. The second kappa shape index (κ2) is 8.14. The molecule has 0 saturated heterocycles. The highest BCUT2D eigenvalue weighted by atomic mass is 16.5. The summed E-state index contributed by atoms with van der Waals surface area (Å²) in [6.45, 7) is 2.22. The van der Waals surface area contributed by atoms with E-state index >= 15 is 0 Å². The number of carbonyl (C=O) groups is 1. The maximum absolute atomic E-state index is 11.9. The van der Waals surface area contributed by atoms with Gasteiger partial charge >= 0.3 is 5.97 Å². The van der Waals surface area contributed by atoms with Gasteiger partial charge in [0.05, 0.1) is 19.8 Å². The molecule has 0 fully saturated rings. The number of methoxy groups -OCH3 is 1. The maximum Gasteiger partial charge on any atom is 0.341 e. The highest BCUT2D eigenvalue weighted by molar-refractivity contribution is 5.94. The van der Waals surface area contributed by atoms with Gasteiger partial charge in [-0.05, 0) is 25.1 Å². The predicted molar refractivity (Wildman–Crippen MR) is 86.6 cm³/mol. The zero-order chi connectivity index (χ0) is 16.7. The van der Waals surface area contributed by atoms with Crippen molar-refractivity contribution in [2.75, 3.05) is 25.6 Å². The number of nitrogens with one attached hydrogen (secondary N) is 1. The Morgan fingerprint density at radius 1 is 1.30 bits per heavy atom. The molecular formula is C17H20N2O4. The van der Waals surface area contributed by atoms with Crippen LogP contribution in [0.5, 0.6) is 5.75 Å². The molecule has 0 aliphatic rings. The van der Waals surface area contributed by atoms with Crippen LogP contribution >= 0.6 is 0 Å². The number of aliphatic hydroxyl groups is 1. The number of ether oxygens (including phenoxy) is 2. The number of aromatic nitrogens is 1. The van der Waals surface area contributed by atoms with Gasteiger partial charge in [0, 0.05) is 18.3 Å². The summed E-state index contributed by atoms with van der Waals surface area (Å²) in [7, 11) is 1.55. The summed E-state index contributed by atoms with van der Waals surface area (Å²) in [5, 5.41) is 13.3. The minimum absolute atomic E-state index is 0.184. The fourth-order valence-electron chi connectivity index (χ4n) is 2.16. The van der Waals surface area contributed by atoms with Gasteiger partial charge in [-0.15, -0.1) is 0 Å². The minimum Gasteiger partial charge on any atom is -0.496 e. The molecule has 0 saturated carbocycles. The van der Waals surface area contributed by atoms with E-state index in [1.807, 2.05) is 12.1 Å². The van der Waals surface area contributed by atoms with E-state index in [0.717, 1.165) is 0 Å². The van der Waals surface area contributed by atoms with Crippen LogP contribution < -0.4 is 10.1 Å². The number of hydrogen-bond donors (Lipinski definition) is 2. The summed E-state index contributed by atoms with van der Waals surface area (Å²) >= 11 is 0. The van der Waals surface area contributed by atoms with Crippen LogP contribution in [0, 0.1) is 0 Å². The third-order valence-corrected chi connectivity index (χ3v) is 3.26. The zero-order valence-electron chi connectivity index (χ0n) is 13.2. The number of benzene rings is 1. The first-order chi connectivity index (χ1) is 11.2. The number of nitrogens with zero attached hydrogens (tertiary/aromatic N) is 1. The fraction of sp³-hybridized carbons (Fsp3) is 0.294. The normalized spacial score (nSPS) is 11.6. The number of hydrogen-bond acceptors (Lipinski definition) is 6. The van der Waals surface area contributed by atoms with Gasteiger partial charge in [-0.1, -0.05) is 18.2 Å². The van der Waals surface area contributed by atoms with E-state index in [1.165, 1.54) is 0 Å². The summed E-state index contributed by atoms with van der Waals surface area (Å²) < 4.78 is 10.2. The van der Waals surface area contributed by atoms with Crippen molar-refractivity contribution in [2.24, 2.45) is 0 Å². The second-order valence-corrected chi connectivity index (χ2v) is 4.76. The number of anilines is 1. The van der Waals surface area contributed by atoms with Gasteiger partial charge in [0.1, 0.15) is 17.1 Å². The monoisotopic (exact) mass is 316 g/mol. The molecule has 6 nitrogen and oxygen atoms in total. The first-order valence-electron chi connectivity index (χ1n) is 7.34. The Bertz CT molecular complexity index is 661. The molecule has 0 aliphatic carbocycles. The van der Waals surface area contributed by atoms with Crippen LogP contribution in [0.15, 0.2) is 42.6 Å². The van der Waals surface area contributed by atoms with Crippen LogP contribution in [0.25, 0.3) is 0 Å². The molecule has 6 heteroatoms. The molecule has 1 atom stereocenters. The predicted octanol–water partition coefficient (Wildman–Crippen LogP) is 2.41. The highest BCUT2D eigenvalue weighted by Crippen LogP contribution is 2.25. The topological polar surface area (TPSA) is 80.7 Å². The lowest BCUT2D eigenvalue weighted by atomic mass is 10.1. The Morgan fingerprint density at radius 3 is 2.83 bits per heavy atom. The van der Waals surface area contributed by atoms with Crippen molar-refractivity contribution in [1.82, 2.24) is 4.98 Å². The van der Waals surface area contributed by atoms with Gasteiger partial charge < -0.3 is 19.9 Å². The molecule has 2 N–H and O–H groups in total. The molecule has 0 amide bonds. The fourth-order valence-corrected chi connectivity index (χ4v) is 2.16. The van der Waals surface area contributed by atoms with Crippen LogP contribution in [0.3, 0.4) is 0 Å². The molecule has 23 heavy (non-hydrogen) atoms. The van der Waals surface area contributed by atoms with Crippen molar-refractivity contribution in [1.29, 1.82) is 0 Å². The molecule has 1 aromatic carbocycles. The molecule has 2 aromatic rings. The zero-order valence-corrected chi connectivity index (χ0v) is 13.2. The van der Waals surface area contributed by atoms with E-state index in [0.29, 0.717) is 22.7 Å². The van der Waals surface area contributed by atoms with Gasteiger partial charge in [-0.3, -0.25) is 0 Å². The van der Waals surface area contributed by atoms with Crippen molar-refractivity contribution >= 4 is 11.8 Å². The molecule has 0 radical (unpaired) electrons. The first-order valence-corrected chi connectivity index (χ1v) is 7.34. The van der Waals surface area contributed by atoms with Crippen molar-refractivity contribution < 1.29 is 19.4 Å². The molecule has 0 aliphatic heterocycles. The van der Waals surface area contributed by atoms with E-state index in [1.54, 1.807) is 44.5 Å². The molecule has 0 spiro atoms. The molecule has 1 aromatic heterocycles. The quantitative estimate of drug-likeness (QED) is 0.764. The Labute approximate surface area is 135 Å². The molecule has 1 unspecified atom stereocenters. The average molecular weight is 316 g/mol. The highest BCUT2D eigenvalue weighted by Gasteiger charge is 2.16. The van der Waals surface area contributed by atoms with Crippen molar-refractivity contribution in [3.63, 3.8) is 0 Å². The van der Waals surface area contributed by atoms with E-state index in [2.05, 4.69) is 10.3 Å². The summed E-state index contributed by atoms with van der Waals surface area (Å²) in [6, 6.07) is 10.5. The summed E-state index contributed by atoms with van der Waals surface area (Å²) in [6.07, 6.45) is 0.767. The number of aliphatic hydroxyl groups excluding tert-OH is 1. The molecular weight excluding hydrogens is 296 g/mol. The molecule has 0 bridgehead atoms. The summed E-state index contributed by atoms with van der Waals surface area (Å²) in [5.74, 6) is 0.531. The Morgan fingerprint density at radius 2 is 2.09 bits per heavy atom. The number of esters is 1. The van der Waals surface area contributed by atoms with Gasteiger partial charge in [-0.25, -0.2) is 9.78 Å². The second-order valence-electron chi connectivity index (χ2n) is 4.76. The lowest BCUT2D eigenvalue weighted by molar-refractivity contribution is 0.0527. The van der Waals surface area contributed by atoms with Crippen LogP contribution in [-0.4, -0.2) is 36.3 Å². The number of carbonyl (C=O) groups excluding carboxylic acids is 1. The summed E-state index contributed by atoms with van der Waals surface area (Å²) in [4.78, 5) is 16.0. The van der Waals surface area contributed by atoms with Crippen LogP contribution in [0.2, 0.25) is 0 Å². The number of pyridine rings is 1. The SMILES string of the molecule is CCOC(=O)c1cccnc1NCC(O)c1ccccc1OC. The van der Waals surface area contributed by atoms with Gasteiger partial charge in [0.2, 0.25) is 0 Å². The number of rotatable bonds is 7. The van der Waals surface area contributed by atoms with Gasteiger partial charge in [-0.2, -0.15) is 0 Å². The molecule has 1 heterocycles. The first kappa shape index (κ1) is 16.8. The van der Waals surface area contributed by atoms with Crippen LogP contribution in [0.1, 0.15) is 28.9 Å². The molecule has 2 rings (SSSR count). The lowest BCUT2D eigenvalue weighted by Crippen LogP contribution is -2.17. The van der Waals surface area contributed by atoms with Crippen LogP contribution in [0.4, 0.5) is 5.82 Å². The van der Waals surface area contributed by atoms with Crippen molar-refractivity contribution in [3.8, 4) is 5.75 Å². The van der Waals surface area contributed by atoms with Gasteiger partial charge in [0.25, 0.3) is 0 Å². The molecule has 122 valence electrons. The van der Waals surface area contributed by atoms with Gasteiger partial charge in [0.15, 0.2) is 0 Å². The Hall–Kier alpha value is -2.60. The third-order valence-electron chi connectivity index (χ3n) is 3.26. The Kier molecular flexibility index (Phi) is 5.94. The number of para-hydroxylation sites is 1. The third kappa shape index (κ3) is 4.20. The van der Waals surface area contributed by atoms with Crippen molar-refractivity contribution in [3.05, 3.63) is 53.7 Å². The maximum atomic E-state index is 11.9. The van der Waals surface area contributed by atoms with E-state index in [-0.39, 0.29) is 13.2 Å². The van der Waals surface area contributed by atoms with E-state index < -0.39 is 12.1 Å². The minimum atomic E-state index is -0.803. The van der Waals surface area contributed by atoms with E-state index in [9.17, 15) is 9.90 Å². The summed E-state index contributed by atoms with van der Waals surface area (Å²) in [5.41, 5.74) is 0.998. The lowest BCUT2D eigenvalue weighted by Gasteiger charge is -2.16. The largest absolute Gasteiger partial charge is 0.496 e. The Balaban J connectivity index is 2.10. The van der Waals surface area contributed by atoms with Crippen LogP contribution in [-0.2, 0) is 4.74 Å². The van der Waals surface area contributed by atoms with Crippen molar-refractivity contribution in [2.45, 2.75) is 13.0 Å². The van der Waals surface area contributed by atoms with E-state index in [4.69, 9.17) is 9.47 Å². The average Bonchev–Trinajstić information content (AvgIpc) is 2.60. The standard InChI is InChI=1S/C17H20N2O4/c1-3-23-17(21)13-8-6-10-18-16(13)19-11-14(20)12-7-4-5-9-15(12)22-2/h4-10,14,20H,3,11H2,1-2H3,(H,18,19).